The molecule has 4 nitrogen and oxygen atoms in total. The molecule has 1 aliphatic rings. The van der Waals surface area contributed by atoms with Crippen LogP contribution >= 0.6 is 0 Å². The van der Waals surface area contributed by atoms with Gasteiger partial charge in [0, 0.05) is 24.2 Å². The normalized spacial score (nSPS) is 19.8. The van der Waals surface area contributed by atoms with Gasteiger partial charge in [-0.2, -0.15) is 0 Å². The highest BCUT2D eigenvalue weighted by Gasteiger charge is 2.38. The summed E-state index contributed by atoms with van der Waals surface area (Å²) in [5.41, 5.74) is 0.0133. The van der Waals surface area contributed by atoms with Gasteiger partial charge in [-0.25, -0.2) is 4.39 Å². The zero-order chi connectivity index (χ0) is 15.6. The zero-order valence-corrected chi connectivity index (χ0v) is 12.1. The fourth-order valence-corrected chi connectivity index (χ4v) is 2.86. The van der Waals surface area contributed by atoms with Crippen molar-refractivity contribution in [3.63, 3.8) is 0 Å². The van der Waals surface area contributed by atoms with E-state index in [1.165, 1.54) is 6.07 Å². The van der Waals surface area contributed by atoms with Crippen molar-refractivity contribution in [2.24, 2.45) is 0 Å². The molecule has 0 saturated carbocycles. The molecule has 1 atom stereocenters. The van der Waals surface area contributed by atoms with Crippen LogP contribution in [-0.2, 0) is 12.2 Å². The molecular weight excluding hydrogens is 285 g/mol. The van der Waals surface area contributed by atoms with Crippen molar-refractivity contribution in [3.8, 4) is 5.75 Å². The highest BCUT2D eigenvalue weighted by atomic mass is 19.1. The summed E-state index contributed by atoms with van der Waals surface area (Å²) in [5.74, 6) is 0.136. The first-order valence-electron chi connectivity index (χ1n) is 7.21. The van der Waals surface area contributed by atoms with Gasteiger partial charge in [-0.1, -0.05) is 30.3 Å². The van der Waals surface area contributed by atoms with Gasteiger partial charge in [-0.15, -0.1) is 0 Å². The molecule has 0 saturated heterocycles. The maximum atomic E-state index is 14.2. The van der Waals surface area contributed by atoms with Crippen molar-refractivity contribution >= 4 is 0 Å². The van der Waals surface area contributed by atoms with Crippen molar-refractivity contribution in [1.29, 1.82) is 0 Å². The molecule has 3 N–H and O–H groups in total. The SMILES string of the molecule is OCCNCC1(O)c2ccccc2OCc2c(F)cccc21. The van der Waals surface area contributed by atoms with Crippen LogP contribution in [0, 0.1) is 5.82 Å². The Morgan fingerprint density at radius 1 is 1.14 bits per heavy atom. The lowest BCUT2D eigenvalue weighted by Crippen LogP contribution is -2.40. The van der Waals surface area contributed by atoms with E-state index in [1.54, 1.807) is 24.3 Å². The molecule has 0 radical (unpaired) electrons. The van der Waals surface area contributed by atoms with Crippen LogP contribution in [0.15, 0.2) is 42.5 Å². The van der Waals surface area contributed by atoms with Crippen molar-refractivity contribution in [2.45, 2.75) is 12.2 Å². The standard InChI is InChI=1S/C17H18FNO3/c18-15-6-3-5-13-12(15)10-22-16-7-2-1-4-14(16)17(13,21)11-19-8-9-20/h1-7,19-21H,8-11H2. The number of hydrogen-bond acceptors (Lipinski definition) is 4. The average Bonchev–Trinajstić information content (AvgIpc) is 2.65. The molecule has 0 fully saturated rings. The second kappa shape index (κ2) is 6.04. The lowest BCUT2D eigenvalue weighted by Gasteiger charge is -2.30. The molecule has 5 heteroatoms. The summed E-state index contributed by atoms with van der Waals surface area (Å²) in [6, 6.07) is 11.8. The molecule has 0 aliphatic carbocycles. The minimum absolute atomic E-state index is 0.0375. The Hall–Kier alpha value is -1.95. The van der Waals surface area contributed by atoms with E-state index in [2.05, 4.69) is 5.32 Å². The van der Waals surface area contributed by atoms with Crippen molar-refractivity contribution in [3.05, 3.63) is 65.0 Å². The van der Waals surface area contributed by atoms with Crippen molar-refractivity contribution < 1.29 is 19.3 Å². The highest BCUT2D eigenvalue weighted by molar-refractivity contribution is 5.49. The van der Waals surface area contributed by atoms with E-state index < -0.39 is 11.4 Å². The van der Waals surface area contributed by atoms with Gasteiger partial charge in [0.2, 0.25) is 0 Å². The number of nitrogens with one attached hydrogen (secondary N) is 1. The fraction of sp³-hybridized carbons (Fsp3) is 0.294. The second-order valence-corrected chi connectivity index (χ2v) is 5.31. The summed E-state index contributed by atoms with van der Waals surface area (Å²) in [7, 11) is 0. The first-order valence-corrected chi connectivity index (χ1v) is 7.21. The van der Waals surface area contributed by atoms with E-state index in [0.717, 1.165) is 0 Å². The molecule has 1 unspecified atom stereocenters. The number of halogens is 1. The van der Waals surface area contributed by atoms with Gasteiger partial charge in [0.15, 0.2) is 0 Å². The van der Waals surface area contributed by atoms with Gasteiger partial charge in [0.1, 0.15) is 23.8 Å². The monoisotopic (exact) mass is 303 g/mol. The summed E-state index contributed by atoms with van der Waals surface area (Å²) in [5, 5.41) is 23.3. The molecule has 22 heavy (non-hydrogen) atoms. The predicted octanol–water partition coefficient (Wildman–Crippen LogP) is 1.54. The Kier molecular flexibility index (Phi) is 4.11. The molecule has 2 aromatic carbocycles. The van der Waals surface area contributed by atoms with E-state index >= 15 is 0 Å². The molecule has 116 valence electrons. The molecule has 0 spiro atoms. The molecule has 2 aromatic rings. The van der Waals surface area contributed by atoms with Gasteiger partial charge in [-0.3, -0.25) is 0 Å². The van der Waals surface area contributed by atoms with Gasteiger partial charge in [-0.05, 0) is 17.7 Å². The highest BCUT2D eigenvalue weighted by Crippen LogP contribution is 2.40. The topological polar surface area (TPSA) is 61.7 Å². The number of fused-ring (bicyclic) bond motifs is 2. The number of para-hydroxylation sites is 1. The van der Waals surface area contributed by atoms with Crippen molar-refractivity contribution in [2.75, 3.05) is 19.7 Å². The Morgan fingerprint density at radius 3 is 2.73 bits per heavy atom. The van der Waals surface area contributed by atoms with Gasteiger partial charge < -0.3 is 20.3 Å². The maximum absolute atomic E-state index is 14.2. The zero-order valence-electron chi connectivity index (χ0n) is 12.1. The lowest BCUT2D eigenvalue weighted by atomic mass is 9.83. The van der Waals surface area contributed by atoms with Crippen LogP contribution in [0.5, 0.6) is 5.75 Å². The number of aliphatic hydroxyl groups excluding tert-OH is 1. The minimum atomic E-state index is -1.42. The maximum Gasteiger partial charge on any atom is 0.131 e. The van der Waals surface area contributed by atoms with Crippen LogP contribution in [0.25, 0.3) is 0 Å². The fourth-order valence-electron chi connectivity index (χ4n) is 2.86. The predicted molar refractivity (Wildman–Crippen MR) is 80.1 cm³/mol. The molecule has 0 bridgehead atoms. The van der Waals surface area contributed by atoms with E-state index in [1.807, 2.05) is 12.1 Å². The number of ether oxygens (including phenoxy) is 1. The number of rotatable bonds is 4. The van der Waals surface area contributed by atoms with Crippen LogP contribution in [0.4, 0.5) is 4.39 Å². The first kappa shape index (κ1) is 15.0. The largest absolute Gasteiger partial charge is 0.488 e. The van der Waals surface area contributed by atoms with Gasteiger partial charge >= 0.3 is 0 Å². The molecule has 0 amide bonds. The molecule has 1 aliphatic heterocycles. The Morgan fingerprint density at radius 2 is 1.91 bits per heavy atom. The van der Waals surface area contributed by atoms with Crippen molar-refractivity contribution in [1.82, 2.24) is 5.32 Å². The average molecular weight is 303 g/mol. The number of benzene rings is 2. The van der Waals surface area contributed by atoms with E-state index in [0.29, 0.717) is 29.0 Å². The van der Waals surface area contributed by atoms with Gasteiger partial charge in [0.25, 0.3) is 0 Å². The molecule has 0 aromatic heterocycles. The lowest BCUT2D eigenvalue weighted by molar-refractivity contribution is 0.0776. The van der Waals surface area contributed by atoms with Crippen LogP contribution in [-0.4, -0.2) is 29.9 Å². The third kappa shape index (κ3) is 2.47. The molecule has 3 rings (SSSR count). The Labute approximate surface area is 128 Å². The summed E-state index contributed by atoms with van der Waals surface area (Å²) in [4.78, 5) is 0. The summed E-state index contributed by atoms with van der Waals surface area (Å²) in [6.07, 6.45) is 0. The molecule has 1 heterocycles. The van der Waals surface area contributed by atoms with Crippen LogP contribution < -0.4 is 10.1 Å². The third-order valence-corrected chi connectivity index (χ3v) is 3.94. The first-order chi connectivity index (χ1) is 10.7. The molecular formula is C17H18FNO3. The van der Waals surface area contributed by atoms with Crippen LogP contribution in [0.3, 0.4) is 0 Å². The minimum Gasteiger partial charge on any atom is -0.488 e. The van der Waals surface area contributed by atoms with E-state index in [-0.39, 0.29) is 19.8 Å². The van der Waals surface area contributed by atoms with Crippen LogP contribution in [0.1, 0.15) is 16.7 Å². The Bertz CT molecular complexity index is 677. The summed E-state index contributed by atoms with van der Waals surface area (Å²) in [6.45, 7) is 0.534. The van der Waals surface area contributed by atoms with Crippen LogP contribution in [0.2, 0.25) is 0 Å². The second-order valence-electron chi connectivity index (χ2n) is 5.31. The Balaban J connectivity index is 2.14. The quantitative estimate of drug-likeness (QED) is 0.750. The van der Waals surface area contributed by atoms with E-state index in [9.17, 15) is 9.50 Å². The van der Waals surface area contributed by atoms with Gasteiger partial charge in [0.05, 0.1) is 6.61 Å². The third-order valence-electron chi connectivity index (χ3n) is 3.94. The van der Waals surface area contributed by atoms with E-state index in [4.69, 9.17) is 9.84 Å². The smallest absolute Gasteiger partial charge is 0.131 e. The summed E-state index contributed by atoms with van der Waals surface area (Å²) >= 11 is 0. The summed E-state index contributed by atoms with van der Waals surface area (Å²) < 4.78 is 19.8. The number of hydrogen-bond donors (Lipinski definition) is 3. The number of aliphatic hydroxyl groups is 2.